The fraction of sp³-hybridized carbons (Fsp3) is 0.316. The standard InChI is InChI=1S/C19H22N4O5/c1-28-19(25)9-13-22(12-2-11-21-14-10-20-15-21)18(24)8-5-16-3-6-17(7-4-16)23(26)27/h3-8,10,14-15H,2,9,11-13H2,1H3/b8-5+. The average molecular weight is 386 g/mol. The predicted octanol–water partition coefficient (Wildman–Crippen LogP) is 2.29. The third kappa shape index (κ3) is 6.67. The van der Waals surface area contributed by atoms with E-state index in [9.17, 15) is 19.7 Å². The topological polar surface area (TPSA) is 108 Å². The van der Waals surface area contributed by atoms with E-state index in [1.54, 1.807) is 35.6 Å². The molecule has 0 bridgehead atoms. The highest BCUT2D eigenvalue weighted by Gasteiger charge is 2.13. The van der Waals surface area contributed by atoms with E-state index < -0.39 is 4.92 Å². The van der Waals surface area contributed by atoms with Crippen LogP contribution in [0.15, 0.2) is 49.1 Å². The van der Waals surface area contributed by atoms with Crippen LogP contribution in [-0.2, 0) is 20.9 Å². The largest absolute Gasteiger partial charge is 0.469 e. The number of hydrogen-bond acceptors (Lipinski definition) is 6. The van der Waals surface area contributed by atoms with Gasteiger partial charge in [-0.05, 0) is 30.2 Å². The maximum Gasteiger partial charge on any atom is 0.307 e. The van der Waals surface area contributed by atoms with Crippen LogP contribution in [0.1, 0.15) is 18.4 Å². The first-order valence-electron chi connectivity index (χ1n) is 8.73. The summed E-state index contributed by atoms with van der Waals surface area (Å²) in [6.07, 6.45) is 9.04. The van der Waals surface area contributed by atoms with E-state index in [1.165, 1.54) is 25.3 Å². The second-order valence-electron chi connectivity index (χ2n) is 5.99. The van der Waals surface area contributed by atoms with Gasteiger partial charge in [0, 0.05) is 50.2 Å². The first kappa shape index (κ1) is 20.8. The molecule has 0 radical (unpaired) electrons. The summed E-state index contributed by atoms with van der Waals surface area (Å²) in [4.78, 5) is 39.7. The molecule has 1 heterocycles. The Kier molecular flexibility index (Phi) is 7.89. The molecule has 2 rings (SSSR count). The molecule has 1 amide bonds. The predicted molar refractivity (Wildman–Crippen MR) is 102 cm³/mol. The second kappa shape index (κ2) is 10.6. The molecule has 148 valence electrons. The van der Waals surface area contributed by atoms with Crippen molar-refractivity contribution in [1.29, 1.82) is 0 Å². The minimum absolute atomic E-state index is 0.0114. The second-order valence-corrected chi connectivity index (χ2v) is 5.99. The molecule has 0 aliphatic heterocycles. The summed E-state index contributed by atoms with van der Waals surface area (Å²) in [5.74, 6) is -0.625. The molecule has 1 aromatic carbocycles. The molecular weight excluding hydrogens is 364 g/mol. The minimum Gasteiger partial charge on any atom is -0.469 e. The summed E-state index contributed by atoms with van der Waals surface area (Å²) in [7, 11) is 1.31. The van der Waals surface area contributed by atoms with E-state index in [0.29, 0.717) is 25.1 Å². The lowest BCUT2D eigenvalue weighted by molar-refractivity contribution is -0.384. The van der Waals surface area contributed by atoms with Crippen LogP contribution >= 0.6 is 0 Å². The van der Waals surface area contributed by atoms with Crippen molar-refractivity contribution in [2.24, 2.45) is 0 Å². The van der Waals surface area contributed by atoms with Crippen LogP contribution in [0.25, 0.3) is 6.08 Å². The number of carbonyl (C=O) groups is 2. The van der Waals surface area contributed by atoms with Crippen molar-refractivity contribution in [2.45, 2.75) is 19.4 Å². The van der Waals surface area contributed by atoms with Gasteiger partial charge < -0.3 is 14.2 Å². The van der Waals surface area contributed by atoms with Gasteiger partial charge in [0.2, 0.25) is 5.91 Å². The van der Waals surface area contributed by atoms with E-state index >= 15 is 0 Å². The number of rotatable bonds is 10. The van der Waals surface area contributed by atoms with E-state index in [1.807, 2.05) is 10.8 Å². The molecule has 9 heteroatoms. The van der Waals surface area contributed by atoms with Crippen molar-refractivity contribution in [3.8, 4) is 0 Å². The Hall–Kier alpha value is -3.49. The Balaban J connectivity index is 1.97. The number of esters is 1. The summed E-state index contributed by atoms with van der Waals surface area (Å²) in [5, 5.41) is 10.7. The molecule has 0 aliphatic rings. The van der Waals surface area contributed by atoms with E-state index in [4.69, 9.17) is 0 Å². The molecule has 0 fully saturated rings. The highest BCUT2D eigenvalue weighted by Crippen LogP contribution is 2.13. The summed E-state index contributed by atoms with van der Waals surface area (Å²) >= 11 is 0. The molecule has 0 N–H and O–H groups in total. The fourth-order valence-electron chi connectivity index (χ4n) is 2.50. The maximum absolute atomic E-state index is 12.5. The molecule has 28 heavy (non-hydrogen) atoms. The Morgan fingerprint density at radius 1 is 1.29 bits per heavy atom. The van der Waals surface area contributed by atoms with Gasteiger partial charge in [0.05, 0.1) is 24.8 Å². The van der Waals surface area contributed by atoms with Gasteiger partial charge in [-0.2, -0.15) is 0 Å². The SMILES string of the molecule is COC(=O)CCN(CCCn1ccnc1)C(=O)/C=C/c1ccc([N+](=O)[O-])cc1. The molecule has 1 aromatic heterocycles. The van der Waals surface area contributed by atoms with Crippen LogP contribution in [0.3, 0.4) is 0 Å². The van der Waals surface area contributed by atoms with Crippen molar-refractivity contribution in [1.82, 2.24) is 14.5 Å². The Bertz CT molecular complexity index is 815. The highest BCUT2D eigenvalue weighted by molar-refractivity contribution is 5.92. The summed E-state index contributed by atoms with van der Waals surface area (Å²) < 4.78 is 6.55. The average Bonchev–Trinajstić information content (AvgIpc) is 3.22. The van der Waals surface area contributed by atoms with Gasteiger partial charge in [-0.25, -0.2) is 4.98 Å². The number of benzene rings is 1. The number of nitro benzene ring substituents is 1. The third-order valence-electron chi connectivity index (χ3n) is 4.05. The van der Waals surface area contributed by atoms with Crippen LogP contribution in [0.4, 0.5) is 5.69 Å². The molecule has 0 aliphatic carbocycles. The zero-order chi connectivity index (χ0) is 20.4. The fourth-order valence-corrected chi connectivity index (χ4v) is 2.50. The van der Waals surface area contributed by atoms with Crippen LogP contribution in [-0.4, -0.2) is 51.5 Å². The number of amides is 1. The summed E-state index contributed by atoms with van der Waals surface area (Å²) in [6.45, 7) is 1.42. The van der Waals surface area contributed by atoms with Gasteiger partial charge in [0.1, 0.15) is 0 Å². The quantitative estimate of drug-likeness (QED) is 0.268. The molecule has 9 nitrogen and oxygen atoms in total. The van der Waals surface area contributed by atoms with E-state index in [0.717, 1.165) is 0 Å². The van der Waals surface area contributed by atoms with Gasteiger partial charge in [-0.3, -0.25) is 19.7 Å². The van der Waals surface area contributed by atoms with Gasteiger partial charge in [0.15, 0.2) is 0 Å². The number of carbonyl (C=O) groups excluding carboxylic acids is 2. The van der Waals surface area contributed by atoms with Crippen LogP contribution in [0.2, 0.25) is 0 Å². The number of nitro groups is 1. The normalized spacial score (nSPS) is 10.8. The molecule has 0 atom stereocenters. The number of hydrogen-bond donors (Lipinski definition) is 0. The van der Waals surface area contributed by atoms with Crippen LogP contribution in [0, 0.1) is 10.1 Å². The molecule has 0 saturated carbocycles. The number of aryl methyl sites for hydroxylation is 1. The monoisotopic (exact) mass is 386 g/mol. The zero-order valence-electron chi connectivity index (χ0n) is 15.6. The summed E-state index contributed by atoms with van der Waals surface area (Å²) in [5.41, 5.74) is 0.660. The molecule has 2 aromatic rings. The maximum atomic E-state index is 12.5. The number of aromatic nitrogens is 2. The summed E-state index contributed by atoms with van der Waals surface area (Å²) in [6, 6.07) is 5.90. The first-order valence-corrected chi connectivity index (χ1v) is 8.73. The number of nitrogens with zero attached hydrogens (tertiary/aromatic N) is 4. The minimum atomic E-state index is -0.479. The third-order valence-corrected chi connectivity index (χ3v) is 4.05. The lowest BCUT2D eigenvalue weighted by Crippen LogP contribution is -2.33. The smallest absolute Gasteiger partial charge is 0.307 e. The number of methoxy groups -OCH3 is 1. The lowest BCUT2D eigenvalue weighted by Gasteiger charge is -2.21. The van der Waals surface area contributed by atoms with E-state index in [-0.39, 0.29) is 30.5 Å². The number of non-ortho nitro benzene ring substituents is 1. The van der Waals surface area contributed by atoms with Gasteiger partial charge in [-0.1, -0.05) is 0 Å². The number of imidazole rings is 1. The lowest BCUT2D eigenvalue weighted by atomic mass is 10.2. The van der Waals surface area contributed by atoms with Crippen molar-refractivity contribution in [3.63, 3.8) is 0 Å². The first-order chi connectivity index (χ1) is 13.5. The van der Waals surface area contributed by atoms with Gasteiger partial charge in [-0.15, -0.1) is 0 Å². The molecular formula is C19H22N4O5. The van der Waals surface area contributed by atoms with Crippen molar-refractivity contribution in [2.75, 3.05) is 20.2 Å². The van der Waals surface area contributed by atoms with Gasteiger partial charge in [0.25, 0.3) is 5.69 Å². The Morgan fingerprint density at radius 2 is 2.04 bits per heavy atom. The number of ether oxygens (including phenoxy) is 1. The van der Waals surface area contributed by atoms with Crippen LogP contribution in [0.5, 0.6) is 0 Å². The molecule has 0 saturated heterocycles. The zero-order valence-corrected chi connectivity index (χ0v) is 15.6. The van der Waals surface area contributed by atoms with Gasteiger partial charge >= 0.3 is 5.97 Å². The molecule has 0 unspecified atom stereocenters. The highest BCUT2D eigenvalue weighted by atomic mass is 16.6. The Labute approximate surface area is 162 Å². The molecule has 0 spiro atoms. The van der Waals surface area contributed by atoms with Crippen LogP contribution < -0.4 is 0 Å². The van der Waals surface area contributed by atoms with Crippen molar-refractivity contribution in [3.05, 3.63) is 64.7 Å². The van der Waals surface area contributed by atoms with Crippen molar-refractivity contribution < 1.29 is 19.2 Å². The van der Waals surface area contributed by atoms with E-state index in [2.05, 4.69) is 9.72 Å². The Morgan fingerprint density at radius 3 is 2.64 bits per heavy atom. The van der Waals surface area contributed by atoms with Crippen molar-refractivity contribution >= 4 is 23.6 Å².